The van der Waals surface area contributed by atoms with Gasteiger partial charge in [0.2, 0.25) is 0 Å². The van der Waals surface area contributed by atoms with E-state index in [-0.39, 0.29) is 6.61 Å². The van der Waals surface area contributed by atoms with Crippen molar-refractivity contribution in [3.8, 4) is 0 Å². The highest BCUT2D eigenvalue weighted by Crippen LogP contribution is 2.41. The maximum Gasteiger partial charge on any atom is 0.189 e. The average Bonchev–Trinajstić information content (AvgIpc) is 3.04. The highest BCUT2D eigenvalue weighted by atomic mass is 16.8. The lowest BCUT2D eigenvalue weighted by Gasteiger charge is -2.45. The summed E-state index contributed by atoms with van der Waals surface area (Å²) in [5.74, 6) is 0. The molecular weight excluding hydrogens is 548 g/mol. The molecular formula is C31H36O11. The minimum absolute atomic E-state index is 0.280. The number of hydrogen-bond donors (Lipinski definition) is 7. The highest BCUT2D eigenvalue weighted by Gasteiger charge is 2.50. The third kappa shape index (κ3) is 5.87. The Morgan fingerprint density at radius 3 is 1.31 bits per heavy atom. The SMILES string of the molecule is OC[C@H]1OC(OC2O[C@H](COC(c3ccccc3)(c3ccccc3)c3ccccc3)[C@@H](O)[C@H](O)[C@H]2O)[C@H](O)[C@@H](O)[C@@H]1O. The van der Waals surface area contributed by atoms with Gasteiger partial charge in [-0.1, -0.05) is 91.0 Å². The smallest absolute Gasteiger partial charge is 0.189 e. The zero-order valence-electron chi connectivity index (χ0n) is 22.6. The molecule has 226 valence electrons. The first-order valence-corrected chi connectivity index (χ1v) is 13.7. The summed E-state index contributed by atoms with van der Waals surface area (Å²) < 4.78 is 23.5. The summed E-state index contributed by atoms with van der Waals surface area (Å²) in [6, 6.07) is 28.5. The number of aliphatic hydroxyl groups is 7. The predicted molar refractivity (Wildman–Crippen MR) is 147 cm³/mol. The van der Waals surface area contributed by atoms with Crippen LogP contribution in [0.25, 0.3) is 0 Å². The molecule has 0 bridgehead atoms. The summed E-state index contributed by atoms with van der Waals surface area (Å²) in [7, 11) is 0. The van der Waals surface area contributed by atoms with Gasteiger partial charge < -0.3 is 54.7 Å². The fraction of sp³-hybridized carbons (Fsp3) is 0.419. The van der Waals surface area contributed by atoms with Crippen molar-refractivity contribution in [2.75, 3.05) is 13.2 Å². The molecule has 11 nitrogen and oxygen atoms in total. The van der Waals surface area contributed by atoms with Crippen molar-refractivity contribution in [3.05, 3.63) is 108 Å². The first-order valence-electron chi connectivity index (χ1n) is 13.7. The Morgan fingerprint density at radius 1 is 0.524 bits per heavy atom. The normalized spacial score (nSPS) is 33.8. The Morgan fingerprint density at radius 2 is 0.905 bits per heavy atom. The van der Waals surface area contributed by atoms with Crippen LogP contribution in [0, 0.1) is 0 Å². The third-order valence-electron chi connectivity index (χ3n) is 7.79. The number of aliphatic hydroxyl groups excluding tert-OH is 7. The summed E-state index contributed by atoms with van der Waals surface area (Å²) in [5, 5.41) is 72.3. The van der Waals surface area contributed by atoms with E-state index >= 15 is 0 Å². The molecule has 0 radical (unpaired) electrons. The van der Waals surface area contributed by atoms with Gasteiger partial charge in [0.1, 0.15) is 54.4 Å². The van der Waals surface area contributed by atoms with Crippen LogP contribution >= 0.6 is 0 Å². The first kappa shape index (κ1) is 30.7. The molecule has 3 aromatic carbocycles. The number of ether oxygens (including phenoxy) is 4. The van der Waals surface area contributed by atoms with Crippen LogP contribution in [0.1, 0.15) is 16.7 Å². The van der Waals surface area contributed by atoms with Crippen LogP contribution in [0.15, 0.2) is 91.0 Å². The van der Waals surface area contributed by atoms with Crippen molar-refractivity contribution in [2.24, 2.45) is 0 Å². The van der Waals surface area contributed by atoms with E-state index in [1.165, 1.54) is 0 Å². The predicted octanol–water partition coefficient (Wildman–Crippen LogP) is -0.381. The molecule has 2 aliphatic rings. The van der Waals surface area contributed by atoms with E-state index in [9.17, 15) is 35.7 Å². The minimum atomic E-state index is -1.77. The molecule has 10 atom stereocenters. The van der Waals surface area contributed by atoms with Crippen LogP contribution < -0.4 is 0 Å². The third-order valence-corrected chi connectivity index (χ3v) is 7.79. The van der Waals surface area contributed by atoms with Crippen molar-refractivity contribution >= 4 is 0 Å². The van der Waals surface area contributed by atoms with Crippen LogP contribution in [0.4, 0.5) is 0 Å². The van der Waals surface area contributed by atoms with Gasteiger partial charge in [0.15, 0.2) is 12.6 Å². The standard InChI is InChI=1S/C31H36O11/c32-16-21-23(33)25(35)27(37)29(40-21)42-30-28(38)26(36)24(34)22(41-30)17-39-31(18-10-4-1-5-11-18,19-12-6-2-7-13-19)20-14-8-3-9-15-20/h1-15,21-30,32-38H,16-17H2/t21-,22-,23-,24-,25+,26+,27-,28-,29?,30?/m1/s1. The van der Waals surface area contributed by atoms with Gasteiger partial charge in [-0.2, -0.15) is 0 Å². The number of hydrogen-bond acceptors (Lipinski definition) is 11. The van der Waals surface area contributed by atoms with E-state index in [0.717, 1.165) is 16.7 Å². The van der Waals surface area contributed by atoms with Crippen molar-refractivity contribution in [3.63, 3.8) is 0 Å². The van der Waals surface area contributed by atoms with E-state index in [0.29, 0.717) is 0 Å². The zero-order chi connectivity index (χ0) is 29.9. The monoisotopic (exact) mass is 584 g/mol. The van der Waals surface area contributed by atoms with Crippen molar-refractivity contribution in [1.29, 1.82) is 0 Å². The molecule has 42 heavy (non-hydrogen) atoms. The molecule has 2 unspecified atom stereocenters. The van der Waals surface area contributed by atoms with Gasteiger partial charge >= 0.3 is 0 Å². The molecule has 0 spiro atoms. The Bertz CT molecular complexity index is 1150. The van der Waals surface area contributed by atoms with Crippen LogP contribution in [-0.2, 0) is 24.5 Å². The van der Waals surface area contributed by atoms with E-state index in [2.05, 4.69) is 0 Å². The second-order valence-electron chi connectivity index (χ2n) is 10.4. The number of benzene rings is 3. The van der Waals surface area contributed by atoms with Gasteiger partial charge in [-0.05, 0) is 16.7 Å². The van der Waals surface area contributed by atoms with Gasteiger partial charge in [0.25, 0.3) is 0 Å². The molecule has 2 saturated heterocycles. The lowest BCUT2D eigenvalue weighted by atomic mass is 9.80. The molecule has 0 saturated carbocycles. The highest BCUT2D eigenvalue weighted by molar-refractivity contribution is 5.47. The summed E-state index contributed by atoms with van der Waals surface area (Å²) in [4.78, 5) is 0. The molecule has 2 fully saturated rings. The molecule has 7 N–H and O–H groups in total. The Kier molecular flexibility index (Phi) is 9.67. The lowest BCUT2D eigenvalue weighted by molar-refractivity contribution is -0.377. The minimum Gasteiger partial charge on any atom is -0.394 e. The second-order valence-corrected chi connectivity index (χ2v) is 10.4. The van der Waals surface area contributed by atoms with Crippen LogP contribution in [0.3, 0.4) is 0 Å². The topological polar surface area (TPSA) is 179 Å². The van der Waals surface area contributed by atoms with Gasteiger partial charge in [-0.25, -0.2) is 0 Å². The summed E-state index contributed by atoms with van der Waals surface area (Å²) in [5.41, 5.74) is 1.22. The number of rotatable bonds is 9. The van der Waals surface area contributed by atoms with Crippen LogP contribution in [0.5, 0.6) is 0 Å². The Hall–Kier alpha value is -2.78. The van der Waals surface area contributed by atoms with Crippen LogP contribution in [0.2, 0.25) is 0 Å². The van der Waals surface area contributed by atoms with E-state index in [1.807, 2.05) is 91.0 Å². The molecule has 5 rings (SSSR count). The summed E-state index contributed by atoms with van der Waals surface area (Å²) in [6.45, 7) is -0.963. The second kappa shape index (κ2) is 13.2. The van der Waals surface area contributed by atoms with Gasteiger partial charge in [0, 0.05) is 0 Å². The van der Waals surface area contributed by atoms with Gasteiger partial charge in [-0.15, -0.1) is 0 Å². The van der Waals surface area contributed by atoms with Gasteiger partial charge in [0.05, 0.1) is 13.2 Å². The van der Waals surface area contributed by atoms with E-state index in [1.54, 1.807) is 0 Å². The molecule has 2 aliphatic heterocycles. The van der Waals surface area contributed by atoms with Crippen LogP contribution in [-0.4, -0.2) is 110 Å². The maximum absolute atomic E-state index is 10.9. The first-order chi connectivity index (χ1) is 20.3. The fourth-order valence-corrected chi connectivity index (χ4v) is 5.45. The molecule has 0 amide bonds. The molecule has 11 heteroatoms. The summed E-state index contributed by atoms with van der Waals surface area (Å²) in [6.07, 6.45) is -16.0. The Balaban J connectivity index is 1.44. The van der Waals surface area contributed by atoms with Crippen molar-refractivity contribution in [2.45, 2.75) is 67.0 Å². The average molecular weight is 585 g/mol. The fourth-order valence-electron chi connectivity index (χ4n) is 5.45. The molecule has 0 aromatic heterocycles. The van der Waals surface area contributed by atoms with Crippen molar-refractivity contribution in [1.82, 2.24) is 0 Å². The van der Waals surface area contributed by atoms with E-state index in [4.69, 9.17) is 18.9 Å². The molecule has 3 aromatic rings. The van der Waals surface area contributed by atoms with Crippen molar-refractivity contribution < 1.29 is 54.7 Å². The largest absolute Gasteiger partial charge is 0.394 e. The Labute approximate surface area is 242 Å². The zero-order valence-corrected chi connectivity index (χ0v) is 22.6. The molecule has 0 aliphatic carbocycles. The summed E-state index contributed by atoms with van der Waals surface area (Å²) >= 11 is 0. The molecule has 2 heterocycles. The van der Waals surface area contributed by atoms with E-state index < -0.39 is 73.6 Å². The quantitative estimate of drug-likeness (QED) is 0.163. The maximum atomic E-state index is 10.9. The lowest BCUT2D eigenvalue weighted by Crippen LogP contribution is -2.64. The van der Waals surface area contributed by atoms with Gasteiger partial charge in [-0.3, -0.25) is 0 Å².